The Bertz CT molecular complexity index is 260. The van der Waals surface area contributed by atoms with Crippen molar-refractivity contribution in [1.82, 2.24) is 0 Å². The molecule has 140 valence electrons. The maximum Gasteiger partial charge on any atom is 0.162 e. The normalized spacial score (nSPS) is 11.3. The minimum Gasteiger partial charge on any atom is -0.502 e. The highest BCUT2D eigenvalue weighted by molar-refractivity contribution is 7.80. The molecule has 0 fully saturated rings. The average molecular weight is 351 g/mol. The summed E-state index contributed by atoms with van der Waals surface area (Å²) >= 11 is 5.16. The van der Waals surface area contributed by atoms with Crippen LogP contribution in [0.3, 0.4) is 0 Å². The van der Waals surface area contributed by atoms with Crippen LogP contribution >= 0.6 is 12.2 Å². The molecule has 0 unspecified atom stereocenters. The van der Waals surface area contributed by atoms with E-state index in [9.17, 15) is 5.11 Å². The topological polar surface area (TPSA) is 80.9 Å². The Labute approximate surface area is 147 Å². The first-order valence-electron chi connectivity index (χ1n) is 9.07. The molecule has 0 spiro atoms. The average Bonchev–Trinajstić information content (AvgIpc) is 2.56. The van der Waals surface area contributed by atoms with Gasteiger partial charge in [-0.1, -0.05) is 65.7 Å². The van der Waals surface area contributed by atoms with Crippen LogP contribution in [0.5, 0.6) is 0 Å². The lowest BCUT2D eigenvalue weighted by Crippen LogP contribution is -2.30. The van der Waals surface area contributed by atoms with E-state index in [-0.39, 0.29) is 23.7 Å². The first kappa shape index (κ1) is 25.0. The number of unbranched alkanes of at least 4 members (excludes halogenated alkanes) is 4. The van der Waals surface area contributed by atoms with Crippen LogP contribution in [0, 0.1) is 5.41 Å². The van der Waals surface area contributed by atoms with Crippen LogP contribution in [-0.4, -0.2) is 44.8 Å². The maximum absolute atomic E-state index is 9.95. The van der Waals surface area contributed by atoms with Gasteiger partial charge < -0.3 is 20.4 Å². The molecule has 0 bridgehead atoms. The van der Waals surface area contributed by atoms with Gasteiger partial charge in [-0.05, 0) is 31.5 Å². The fourth-order valence-electron chi connectivity index (χ4n) is 2.50. The first-order valence-corrected chi connectivity index (χ1v) is 9.48. The first-order chi connectivity index (χ1) is 10.9. The van der Waals surface area contributed by atoms with Crippen LogP contribution in [0.1, 0.15) is 85.0 Å². The van der Waals surface area contributed by atoms with Crippen LogP contribution < -0.4 is 0 Å². The number of thiocarbonyl (C=S) groups is 1. The Balaban J connectivity index is 0. The van der Waals surface area contributed by atoms with Gasteiger partial charge >= 0.3 is 0 Å². The van der Waals surface area contributed by atoms with Crippen molar-refractivity contribution in [2.75, 3.05) is 13.2 Å². The molecule has 0 atom stereocenters. The predicted molar refractivity (Wildman–Crippen MR) is 101 cm³/mol. The van der Waals surface area contributed by atoms with E-state index in [0.29, 0.717) is 0 Å². The zero-order valence-corrected chi connectivity index (χ0v) is 16.1. The van der Waals surface area contributed by atoms with Crippen LogP contribution in [0.25, 0.3) is 0 Å². The molecule has 0 aromatic heterocycles. The number of aliphatic hydroxyl groups excluding tert-OH is 4. The summed E-state index contributed by atoms with van der Waals surface area (Å²) < 4.78 is 0. The molecule has 0 amide bonds. The summed E-state index contributed by atoms with van der Waals surface area (Å²) in [5.41, 5.74) is -0.0590. The molecule has 0 radical (unpaired) electrons. The molecule has 0 aromatic carbocycles. The molecule has 0 aliphatic rings. The van der Waals surface area contributed by atoms with Gasteiger partial charge in [-0.15, -0.1) is 0 Å². The highest BCUT2D eigenvalue weighted by Gasteiger charge is 2.33. The van der Waals surface area contributed by atoms with Crippen LogP contribution in [0.4, 0.5) is 0 Å². The zero-order valence-electron chi connectivity index (χ0n) is 15.3. The largest absolute Gasteiger partial charge is 0.502 e. The minimum atomic E-state index is -0.954. The minimum absolute atomic E-state index is 0.0590. The molecule has 5 heteroatoms. The monoisotopic (exact) mass is 350 g/mol. The Morgan fingerprint density at radius 3 is 1.48 bits per heavy atom. The van der Waals surface area contributed by atoms with Crippen molar-refractivity contribution in [1.29, 1.82) is 0 Å². The van der Waals surface area contributed by atoms with E-state index in [1.165, 1.54) is 44.9 Å². The van der Waals surface area contributed by atoms with Gasteiger partial charge in [0.2, 0.25) is 0 Å². The van der Waals surface area contributed by atoms with Gasteiger partial charge in [0, 0.05) is 5.41 Å². The summed E-state index contributed by atoms with van der Waals surface area (Å²) in [6.45, 7) is 5.90. The van der Waals surface area contributed by atoms with Gasteiger partial charge in [0.1, 0.15) is 6.10 Å². The summed E-state index contributed by atoms with van der Waals surface area (Å²) in [5, 5.41) is 34.2. The highest BCUT2D eigenvalue weighted by Crippen LogP contribution is 2.37. The Morgan fingerprint density at radius 1 is 0.826 bits per heavy atom. The third-order valence-electron chi connectivity index (χ3n) is 4.15. The summed E-state index contributed by atoms with van der Waals surface area (Å²) in [6.07, 6.45) is 10.7. The zero-order chi connectivity index (χ0) is 18.1. The third kappa shape index (κ3) is 12.8. The molecule has 0 saturated carbocycles. The molecular formula is C18H38O4S. The van der Waals surface area contributed by atoms with Crippen molar-refractivity contribution in [3.8, 4) is 0 Å². The van der Waals surface area contributed by atoms with Crippen molar-refractivity contribution < 1.29 is 20.4 Å². The molecule has 0 heterocycles. The van der Waals surface area contributed by atoms with Gasteiger partial charge in [-0.25, -0.2) is 0 Å². The second-order valence-corrected chi connectivity index (χ2v) is 6.66. The lowest BCUT2D eigenvalue weighted by atomic mass is 9.75. The van der Waals surface area contributed by atoms with E-state index in [1.807, 2.05) is 0 Å². The van der Waals surface area contributed by atoms with Crippen molar-refractivity contribution in [3.05, 3.63) is 0 Å². The quantitative estimate of drug-likeness (QED) is 0.296. The number of rotatable bonds is 13. The third-order valence-corrected chi connectivity index (χ3v) is 4.58. The number of hydrogen-bond donors (Lipinski definition) is 4. The summed E-state index contributed by atoms with van der Waals surface area (Å²) in [5.74, 6) is 0. The summed E-state index contributed by atoms with van der Waals surface area (Å²) in [4.78, 5) is 0. The summed E-state index contributed by atoms with van der Waals surface area (Å²) in [6, 6.07) is 0. The van der Waals surface area contributed by atoms with Gasteiger partial charge in [-0.2, -0.15) is 0 Å². The Kier molecular flexibility index (Phi) is 18.1. The van der Waals surface area contributed by atoms with Crippen LogP contribution in [-0.2, 0) is 0 Å². The van der Waals surface area contributed by atoms with Crippen molar-refractivity contribution >= 4 is 17.3 Å². The number of aliphatic hydroxyl groups is 4. The van der Waals surface area contributed by atoms with E-state index >= 15 is 0 Å². The summed E-state index contributed by atoms with van der Waals surface area (Å²) in [7, 11) is 0. The molecule has 23 heavy (non-hydrogen) atoms. The molecule has 0 rings (SSSR count). The fraction of sp³-hybridized carbons (Fsp3) is 0.944. The van der Waals surface area contributed by atoms with Crippen molar-refractivity contribution in [2.45, 2.75) is 91.1 Å². The Morgan fingerprint density at radius 2 is 1.22 bits per heavy atom. The smallest absolute Gasteiger partial charge is 0.162 e. The lowest BCUT2D eigenvalue weighted by molar-refractivity contribution is 0.0450. The van der Waals surface area contributed by atoms with Crippen LogP contribution in [0.15, 0.2) is 0 Å². The SMILES string of the molecule is CCCCCC(CCCC)(CCCC)C(O)=S.OCC(O)CO. The maximum atomic E-state index is 9.95. The molecule has 4 N–H and O–H groups in total. The predicted octanol–water partition coefficient (Wildman–Crippen LogP) is 4.15. The lowest BCUT2D eigenvalue weighted by Gasteiger charge is -2.32. The van der Waals surface area contributed by atoms with Gasteiger partial charge in [-0.3, -0.25) is 0 Å². The van der Waals surface area contributed by atoms with Gasteiger partial charge in [0.15, 0.2) is 5.05 Å². The van der Waals surface area contributed by atoms with Gasteiger partial charge in [0.05, 0.1) is 13.2 Å². The second kappa shape index (κ2) is 16.6. The molecule has 0 saturated heterocycles. The molecule has 0 aromatic rings. The van der Waals surface area contributed by atoms with E-state index < -0.39 is 6.10 Å². The van der Waals surface area contributed by atoms with Crippen molar-refractivity contribution in [3.63, 3.8) is 0 Å². The highest BCUT2D eigenvalue weighted by atomic mass is 32.1. The molecular weight excluding hydrogens is 312 g/mol. The van der Waals surface area contributed by atoms with Gasteiger partial charge in [0.25, 0.3) is 0 Å². The van der Waals surface area contributed by atoms with E-state index in [0.717, 1.165) is 19.3 Å². The van der Waals surface area contributed by atoms with E-state index in [2.05, 4.69) is 20.8 Å². The standard InChI is InChI=1S/C15H30OS.C3H8O3/c1-4-7-10-13-15(14(16)17,11-8-5-2)12-9-6-3;4-1-3(6)2-5/h4-13H2,1-3H3,(H,16,17);3-6H,1-2H2. The van der Waals surface area contributed by atoms with E-state index in [4.69, 9.17) is 27.5 Å². The molecule has 0 aliphatic heterocycles. The van der Waals surface area contributed by atoms with Crippen molar-refractivity contribution in [2.24, 2.45) is 5.41 Å². The molecule has 4 nitrogen and oxygen atoms in total. The fourth-order valence-corrected chi connectivity index (χ4v) is 2.80. The second-order valence-electron chi connectivity index (χ2n) is 6.27. The number of hydrogen-bond acceptors (Lipinski definition) is 4. The van der Waals surface area contributed by atoms with Crippen LogP contribution in [0.2, 0.25) is 0 Å². The Hall–Kier alpha value is -0.230. The van der Waals surface area contributed by atoms with E-state index in [1.54, 1.807) is 0 Å². The molecule has 0 aliphatic carbocycles.